The predicted molar refractivity (Wildman–Crippen MR) is 66.4 cm³/mol. The lowest BCUT2D eigenvalue weighted by atomic mass is 9.74. The lowest BCUT2D eigenvalue weighted by Gasteiger charge is -2.29. The fraction of sp³-hybridized carbons (Fsp3) is 0.533. The van der Waals surface area contributed by atoms with Crippen molar-refractivity contribution in [2.45, 2.75) is 39.0 Å². The second-order valence-electron chi connectivity index (χ2n) is 5.08. The van der Waals surface area contributed by atoms with Gasteiger partial charge < -0.3 is 0 Å². The van der Waals surface area contributed by atoms with Crippen LogP contribution in [0.3, 0.4) is 0 Å². The van der Waals surface area contributed by atoms with Gasteiger partial charge in [0.1, 0.15) is 11.6 Å². The lowest BCUT2D eigenvalue weighted by molar-refractivity contribution is 0.0819. The van der Waals surface area contributed by atoms with Crippen molar-refractivity contribution in [3.05, 3.63) is 35.4 Å². The van der Waals surface area contributed by atoms with Crippen molar-refractivity contribution in [2.75, 3.05) is 0 Å². The summed E-state index contributed by atoms with van der Waals surface area (Å²) in [6, 6.07) is 3.09. The highest BCUT2D eigenvalue weighted by Gasteiger charge is 2.30. The fourth-order valence-electron chi connectivity index (χ4n) is 2.95. The van der Waals surface area contributed by atoms with Crippen molar-refractivity contribution in [1.29, 1.82) is 0 Å². The van der Waals surface area contributed by atoms with Crippen LogP contribution in [0.15, 0.2) is 18.2 Å². The monoisotopic (exact) mass is 252 g/mol. The molecule has 1 fully saturated rings. The van der Waals surface area contributed by atoms with Crippen LogP contribution in [-0.4, -0.2) is 5.78 Å². The largest absolute Gasteiger partial charge is 0.294 e. The molecule has 1 nitrogen and oxygen atoms in total. The zero-order valence-electron chi connectivity index (χ0n) is 10.6. The van der Waals surface area contributed by atoms with E-state index < -0.39 is 11.6 Å². The molecule has 1 aromatic rings. The van der Waals surface area contributed by atoms with Crippen LogP contribution < -0.4 is 0 Å². The molecule has 2 atom stereocenters. The molecule has 18 heavy (non-hydrogen) atoms. The van der Waals surface area contributed by atoms with Crippen LogP contribution in [0.2, 0.25) is 0 Å². The van der Waals surface area contributed by atoms with Gasteiger partial charge in [0.05, 0.1) is 0 Å². The van der Waals surface area contributed by atoms with E-state index in [0.717, 1.165) is 50.3 Å². The van der Waals surface area contributed by atoms with Crippen LogP contribution in [-0.2, 0) is 0 Å². The van der Waals surface area contributed by atoms with Gasteiger partial charge >= 0.3 is 0 Å². The number of halogens is 2. The van der Waals surface area contributed by atoms with Crippen molar-refractivity contribution in [3.8, 4) is 0 Å². The Morgan fingerprint density at radius 3 is 2.39 bits per heavy atom. The summed E-state index contributed by atoms with van der Waals surface area (Å²) in [6.45, 7) is 2.07. The summed E-state index contributed by atoms with van der Waals surface area (Å²) in [5.74, 6) is -1.16. The van der Waals surface area contributed by atoms with Gasteiger partial charge in [-0.05, 0) is 30.9 Å². The SMILES string of the molecule is CCC1CCCCC1C(=O)c1cc(F)cc(F)c1. The molecule has 2 rings (SSSR count). The first-order valence-corrected chi connectivity index (χ1v) is 6.62. The minimum atomic E-state index is -0.679. The van der Waals surface area contributed by atoms with Crippen LogP contribution in [0.25, 0.3) is 0 Å². The molecule has 0 amide bonds. The minimum absolute atomic E-state index is 0.0649. The summed E-state index contributed by atoms with van der Waals surface area (Å²) in [4.78, 5) is 12.3. The third-order valence-corrected chi connectivity index (χ3v) is 3.92. The van der Waals surface area contributed by atoms with Gasteiger partial charge in [0, 0.05) is 17.5 Å². The maximum absolute atomic E-state index is 13.1. The summed E-state index contributed by atoms with van der Waals surface area (Å²) in [6.07, 6.45) is 5.03. The number of Topliss-reactive ketones (excluding diaryl/α,β-unsaturated/α-hetero) is 1. The molecule has 0 spiro atoms. The Hall–Kier alpha value is -1.25. The molecule has 1 saturated carbocycles. The summed E-state index contributed by atoms with van der Waals surface area (Å²) >= 11 is 0. The summed E-state index contributed by atoms with van der Waals surface area (Å²) in [5, 5.41) is 0. The molecule has 0 N–H and O–H groups in total. The first kappa shape index (κ1) is 13.2. The van der Waals surface area contributed by atoms with E-state index in [2.05, 4.69) is 6.92 Å². The molecular weight excluding hydrogens is 234 g/mol. The zero-order valence-corrected chi connectivity index (χ0v) is 10.6. The number of ketones is 1. The van der Waals surface area contributed by atoms with E-state index in [1.807, 2.05) is 0 Å². The van der Waals surface area contributed by atoms with Gasteiger partial charge in [-0.15, -0.1) is 0 Å². The van der Waals surface area contributed by atoms with E-state index in [1.165, 1.54) is 0 Å². The normalized spacial score (nSPS) is 23.9. The van der Waals surface area contributed by atoms with Gasteiger partial charge in [-0.25, -0.2) is 8.78 Å². The summed E-state index contributed by atoms with van der Waals surface area (Å²) in [5.41, 5.74) is 0.179. The Kier molecular flexibility index (Phi) is 4.10. The van der Waals surface area contributed by atoms with Gasteiger partial charge in [-0.2, -0.15) is 0 Å². The Morgan fingerprint density at radius 1 is 1.17 bits per heavy atom. The van der Waals surface area contributed by atoms with Gasteiger partial charge in [0.15, 0.2) is 5.78 Å². The molecule has 1 aliphatic carbocycles. The van der Waals surface area contributed by atoms with Crippen molar-refractivity contribution in [3.63, 3.8) is 0 Å². The van der Waals surface area contributed by atoms with E-state index in [1.54, 1.807) is 0 Å². The molecule has 0 aromatic heterocycles. The van der Waals surface area contributed by atoms with E-state index in [0.29, 0.717) is 5.92 Å². The first-order chi connectivity index (χ1) is 8.61. The molecule has 98 valence electrons. The second-order valence-corrected chi connectivity index (χ2v) is 5.08. The van der Waals surface area contributed by atoms with Crippen LogP contribution in [0, 0.1) is 23.5 Å². The van der Waals surface area contributed by atoms with E-state index >= 15 is 0 Å². The summed E-state index contributed by atoms with van der Waals surface area (Å²) < 4.78 is 26.3. The average molecular weight is 252 g/mol. The quantitative estimate of drug-likeness (QED) is 0.730. The molecule has 1 aliphatic rings. The van der Waals surface area contributed by atoms with Crippen LogP contribution in [0.5, 0.6) is 0 Å². The number of carbonyl (C=O) groups excluding carboxylic acids is 1. The lowest BCUT2D eigenvalue weighted by Crippen LogP contribution is -2.27. The number of benzene rings is 1. The van der Waals surface area contributed by atoms with Gasteiger partial charge in [-0.1, -0.05) is 26.2 Å². The topological polar surface area (TPSA) is 17.1 Å². The number of carbonyl (C=O) groups is 1. The molecule has 0 bridgehead atoms. The minimum Gasteiger partial charge on any atom is -0.294 e. The standard InChI is InChI=1S/C15H18F2O/c1-2-10-5-3-4-6-14(10)15(18)11-7-12(16)9-13(17)8-11/h7-10,14H,2-6H2,1H3. The van der Waals surface area contributed by atoms with Gasteiger partial charge in [0.25, 0.3) is 0 Å². The number of rotatable bonds is 3. The second kappa shape index (κ2) is 5.59. The Balaban J connectivity index is 2.23. The van der Waals surface area contributed by atoms with E-state index in [-0.39, 0.29) is 17.3 Å². The third-order valence-electron chi connectivity index (χ3n) is 3.92. The van der Waals surface area contributed by atoms with Crippen molar-refractivity contribution in [2.24, 2.45) is 11.8 Å². The van der Waals surface area contributed by atoms with Gasteiger partial charge in [-0.3, -0.25) is 4.79 Å². The molecule has 0 radical (unpaired) electrons. The molecule has 0 saturated heterocycles. The van der Waals surface area contributed by atoms with Crippen molar-refractivity contribution in [1.82, 2.24) is 0 Å². The van der Waals surface area contributed by atoms with Crippen LogP contribution in [0.1, 0.15) is 49.4 Å². The number of hydrogen-bond acceptors (Lipinski definition) is 1. The Bertz CT molecular complexity index is 422. The fourth-order valence-corrected chi connectivity index (χ4v) is 2.95. The Labute approximate surface area is 106 Å². The van der Waals surface area contributed by atoms with Crippen LogP contribution in [0.4, 0.5) is 8.78 Å². The molecular formula is C15H18F2O. The first-order valence-electron chi connectivity index (χ1n) is 6.62. The van der Waals surface area contributed by atoms with Crippen molar-refractivity contribution >= 4 is 5.78 Å². The van der Waals surface area contributed by atoms with Gasteiger partial charge in [0.2, 0.25) is 0 Å². The molecule has 0 aliphatic heterocycles. The molecule has 0 heterocycles. The maximum atomic E-state index is 13.1. The predicted octanol–water partition coefficient (Wildman–Crippen LogP) is 4.36. The highest BCUT2D eigenvalue weighted by Crippen LogP contribution is 2.34. The summed E-state index contributed by atoms with van der Waals surface area (Å²) in [7, 11) is 0. The Morgan fingerprint density at radius 2 is 1.78 bits per heavy atom. The average Bonchev–Trinajstić information content (AvgIpc) is 2.36. The zero-order chi connectivity index (χ0) is 13.1. The molecule has 3 heteroatoms. The molecule has 2 unspecified atom stereocenters. The van der Waals surface area contributed by atoms with E-state index in [4.69, 9.17) is 0 Å². The smallest absolute Gasteiger partial charge is 0.166 e. The maximum Gasteiger partial charge on any atom is 0.166 e. The number of hydrogen-bond donors (Lipinski definition) is 0. The highest BCUT2D eigenvalue weighted by molar-refractivity contribution is 5.98. The van der Waals surface area contributed by atoms with Crippen molar-refractivity contribution < 1.29 is 13.6 Å². The highest BCUT2D eigenvalue weighted by atomic mass is 19.1. The third kappa shape index (κ3) is 2.77. The molecule has 1 aromatic carbocycles. The van der Waals surface area contributed by atoms with Crippen LogP contribution >= 0.6 is 0 Å². The van der Waals surface area contributed by atoms with E-state index in [9.17, 15) is 13.6 Å².